The predicted molar refractivity (Wildman–Crippen MR) is 98.4 cm³/mol. The van der Waals surface area contributed by atoms with Gasteiger partial charge in [0.1, 0.15) is 5.82 Å². The first-order valence-corrected chi connectivity index (χ1v) is 8.93. The molecule has 1 aromatic heterocycles. The van der Waals surface area contributed by atoms with Gasteiger partial charge in [-0.1, -0.05) is 23.4 Å². The molecule has 0 N–H and O–H groups in total. The summed E-state index contributed by atoms with van der Waals surface area (Å²) in [5, 5.41) is 4.10. The fourth-order valence-corrected chi connectivity index (χ4v) is 3.30. The third-order valence-electron chi connectivity index (χ3n) is 5.06. The van der Waals surface area contributed by atoms with Crippen molar-refractivity contribution in [2.75, 3.05) is 6.54 Å². The lowest BCUT2D eigenvalue weighted by molar-refractivity contribution is -0.128. The zero-order valence-electron chi connectivity index (χ0n) is 15.3. The molecule has 0 bridgehead atoms. The van der Waals surface area contributed by atoms with Crippen LogP contribution >= 0.6 is 0 Å². The van der Waals surface area contributed by atoms with Gasteiger partial charge in [-0.25, -0.2) is 4.39 Å². The Bertz CT molecular complexity index is 981. The van der Waals surface area contributed by atoms with Crippen molar-refractivity contribution in [3.05, 3.63) is 70.8 Å². The summed E-state index contributed by atoms with van der Waals surface area (Å²) in [5.41, 5.74) is 4.14. The van der Waals surface area contributed by atoms with Crippen molar-refractivity contribution >= 4 is 5.91 Å². The standard InChI is InChI=1S/C21H20FN3O2/c1-13-3-6-16(9-14(13)2)21-23-20(24-27-21)17-10-19(26)25(12-17)11-15-4-7-18(22)8-5-15/h3-9,17H,10-12H2,1-2H3. The van der Waals surface area contributed by atoms with Crippen molar-refractivity contribution < 1.29 is 13.7 Å². The minimum Gasteiger partial charge on any atom is -0.338 e. The quantitative estimate of drug-likeness (QED) is 0.701. The van der Waals surface area contributed by atoms with Crippen LogP contribution in [-0.2, 0) is 11.3 Å². The van der Waals surface area contributed by atoms with E-state index in [9.17, 15) is 9.18 Å². The number of carbonyl (C=O) groups excluding carboxylic acids is 1. The molecule has 3 aromatic rings. The number of hydrogen-bond donors (Lipinski definition) is 0. The van der Waals surface area contributed by atoms with Gasteiger partial charge in [0.25, 0.3) is 5.89 Å². The molecule has 1 fully saturated rings. The van der Waals surface area contributed by atoms with Gasteiger partial charge in [0.2, 0.25) is 5.91 Å². The summed E-state index contributed by atoms with van der Waals surface area (Å²) in [6.07, 6.45) is 0.354. The van der Waals surface area contributed by atoms with Crippen molar-refractivity contribution in [1.29, 1.82) is 0 Å². The highest BCUT2D eigenvalue weighted by Gasteiger charge is 2.33. The molecule has 6 heteroatoms. The Hall–Kier alpha value is -3.02. The van der Waals surface area contributed by atoms with E-state index in [1.807, 2.05) is 25.1 Å². The van der Waals surface area contributed by atoms with Crippen LogP contribution in [0.15, 0.2) is 47.0 Å². The van der Waals surface area contributed by atoms with Crippen molar-refractivity contribution in [3.63, 3.8) is 0 Å². The highest BCUT2D eigenvalue weighted by molar-refractivity contribution is 5.79. The molecule has 5 nitrogen and oxygen atoms in total. The van der Waals surface area contributed by atoms with Crippen molar-refractivity contribution in [3.8, 4) is 11.5 Å². The van der Waals surface area contributed by atoms with E-state index >= 15 is 0 Å². The fourth-order valence-electron chi connectivity index (χ4n) is 3.30. The van der Waals surface area contributed by atoms with Crippen LogP contribution in [-0.4, -0.2) is 27.5 Å². The van der Waals surface area contributed by atoms with Crippen molar-refractivity contribution in [2.45, 2.75) is 32.7 Å². The van der Waals surface area contributed by atoms with Crippen LogP contribution in [0.3, 0.4) is 0 Å². The van der Waals surface area contributed by atoms with E-state index in [4.69, 9.17) is 4.52 Å². The van der Waals surface area contributed by atoms with Crippen LogP contribution in [0.1, 0.15) is 34.9 Å². The van der Waals surface area contributed by atoms with Gasteiger partial charge in [-0.05, 0) is 54.8 Å². The van der Waals surface area contributed by atoms with Gasteiger partial charge in [0.05, 0.1) is 0 Å². The summed E-state index contributed by atoms with van der Waals surface area (Å²) in [5.74, 6) is 0.689. The molecule has 0 spiro atoms. The lowest BCUT2D eigenvalue weighted by atomic mass is 10.1. The molecule has 1 saturated heterocycles. The van der Waals surface area contributed by atoms with Crippen LogP contribution in [0.25, 0.3) is 11.5 Å². The summed E-state index contributed by atoms with van der Waals surface area (Å²) in [6.45, 7) is 5.08. The lowest BCUT2D eigenvalue weighted by Crippen LogP contribution is -2.24. The Morgan fingerprint density at radius 1 is 1.15 bits per heavy atom. The van der Waals surface area contributed by atoms with Gasteiger partial charge in [-0.15, -0.1) is 0 Å². The van der Waals surface area contributed by atoms with E-state index in [-0.39, 0.29) is 17.6 Å². The molecule has 0 saturated carbocycles. The van der Waals surface area contributed by atoms with Gasteiger partial charge < -0.3 is 9.42 Å². The molecule has 1 amide bonds. The number of halogens is 1. The number of amides is 1. The molecule has 1 atom stereocenters. The van der Waals surface area contributed by atoms with Crippen LogP contribution in [0.2, 0.25) is 0 Å². The maximum atomic E-state index is 13.0. The maximum Gasteiger partial charge on any atom is 0.257 e. The topological polar surface area (TPSA) is 59.2 Å². The van der Waals surface area contributed by atoms with Gasteiger partial charge in [0, 0.05) is 31.0 Å². The number of benzene rings is 2. The molecule has 1 aliphatic heterocycles. The molecule has 27 heavy (non-hydrogen) atoms. The first-order valence-electron chi connectivity index (χ1n) is 8.93. The van der Waals surface area contributed by atoms with E-state index in [1.165, 1.54) is 17.7 Å². The van der Waals surface area contributed by atoms with E-state index in [0.29, 0.717) is 31.2 Å². The highest BCUT2D eigenvalue weighted by Crippen LogP contribution is 2.29. The monoisotopic (exact) mass is 365 g/mol. The minimum atomic E-state index is -0.282. The summed E-state index contributed by atoms with van der Waals surface area (Å²) in [7, 11) is 0. The normalized spacial score (nSPS) is 16.9. The third kappa shape index (κ3) is 3.60. The Morgan fingerprint density at radius 3 is 2.67 bits per heavy atom. The lowest BCUT2D eigenvalue weighted by Gasteiger charge is -2.16. The maximum absolute atomic E-state index is 13.0. The molecule has 0 aliphatic carbocycles. The zero-order chi connectivity index (χ0) is 19.0. The first kappa shape index (κ1) is 17.4. The summed E-state index contributed by atoms with van der Waals surface area (Å²) in [4.78, 5) is 18.6. The Morgan fingerprint density at radius 2 is 1.93 bits per heavy atom. The molecule has 0 radical (unpaired) electrons. The Balaban J connectivity index is 1.48. The van der Waals surface area contributed by atoms with E-state index < -0.39 is 0 Å². The van der Waals surface area contributed by atoms with Crippen LogP contribution in [0, 0.1) is 19.7 Å². The number of likely N-dealkylation sites (tertiary alicyclic amines) is 1. The SMILES string of the molecule is Cc1ccc(-c2nc(C3CC(=O)N(Cc4ccc(F)cc4)C3)no2)cc1C. The first-order chi connectivity index (χ1) is 13.0. The number of nitrogens with zero attached hydrogens (tertiary/aromatic N) is 3. The van der Waals surface area contributed by atoms with Gasteiger partial charge in [-0.2, -0.15) is 4.98 Å². The number of hydrogen-bond acceptors (Lipinski definition) is 4. The Labute approximate surface area is 156 Å². The summed E-state index contributed by atoms with van der Waals surface area (Å²) < 4.78 is 18.5. The number of carbonyl (C=O) groups is 1. The van der Waals surface area contributed by atoms with E-state index in [0.717, 1.165) is 16.7 Å². The van der Waals surface area contributed by atoms with Gasteiger partial charge in [0.15, 0.2) is 5.82 Å². The van der Waals surface area contributed by atoms with Crippen LogP contribution in [0.4, 0.5) is 4.39 Å². The average molecular weight is 365 g/mol. The summed E-state index contributed by atoms with van der Waals surface area (Å²) in [6, 6.07) is 12.2. The molecule has 2 aromatic carbocycles. The second-order valence-corrected chi connectivity index (χ2v) is 7.06. The van der Waals surface area contributed by atoms with Crippen molar-refractivity contribution in [1.82, 2.24) is 15.0 Å². The zero-order valence-corrected chi connectivity index (χ0v) is 15.3. The van der Waals surface area contributed by atoms with Gasteiger partial charge in [-0.3, -0.25) is 4.79 Å². The van der Waals surface area contributed by atoms with Gasteiger partial charge >= 0.3 is 0 Å². The highest BCUT2D eigenvalue weighted by atomic mass is 19.1. The molecule has 2 heterocycles. The van der Waals surface area contributed by atoms with E-state index in [2.05, 4.69) is 17.1 Å². The molecule has 1 unspecified atom stereocenters. The predicted octanol–water partition coefficient (Wildman–Crippen LogP) is 4.01. The molecule has 1 aliphatic rings. The number of aryl methyl sites for hydroxylation is 2. The average Bonchev–Trinajstić information content (AvgIpc) is 3.27. The van der Waals surface area contributed by atoms with Crippen molar-refractivity contribution in [2.24, 2.45) is 0 Å². The number of aromatic nitrogens is 2. The number of rotatable bonds is 4. The third-order valence-corrected chi connectivity index (χ3v) is 5.06. The second-order valence-electron chi connectivity index (χ2n) is 7.06. The summed E-state index contributed by atoms with van der Waals surface area (Å²) >= 11 is 0. The second kappa shape index (κ2) is 6.95. The smallest absolute Gasteiger partial charge is 0.257 e. The minimum absolute atomic E-state index is 0.0434. The van der Waals surface area contributed by atoms with Crippen LogP contribution in [0.5, 0.6) is 0 Å². The molecule has 4 rings (SSSR count). The largest absolute Gasteiger partial charge is 0.338 e. The Kier molecular flexibility index (Phi) is 4.48. The van der Waals surface area contributed by atoms with E-state index in [1.54, 1.807) is 17.0 Å². The van der Waals surface area contributed by atoms with Crippen LogP contribution < -0.4 is 0 Å². The fraction of sp³-hybridized carbons (Fsp3) is 0.286. The molecular formula is C21H20FN3O2. The molecule has 138 valence electrons. The molecular weight excluding hydrogens is 345 g/mol.